The number of hydrogen-bond donors (Lipinski definition) is 5. The molecule has 27 heavy (non-hydrogen) atoms. The Morgan fingerprint density at radius 2 is 1.89 bits per heavy atom. The second-order valence-corrected chi connectivity index (χ2v) is 5.98. The molecule has 1 aromatic heterocycles. The molecule has 1 aliphatic heterocycles. The summed E-state index contributed by atoms with van der Waals surface area (Å²) in [7, 11) is -1.40. The lowest BCUT2D eigenvalue weighted by Crippen LogP contribution is -2.53. The summed E-state index contributed by atoms with van der Waals surface area (Å²) in [5, 5.41) is 39.4. The lowest BCUT2D eigenvalue weighted by Gasteiger charge is -2.30. The van der Waals surface area contributed by atoms with E-state index in [9.17, 15) is 29.3 Å². The Bertz CT molecular complexity index is 770. The monoisotopic (exact) mass is 380 g/mol. The van der Waals surface area contributed by atoms with Gasteiger partial charge in [0.2, 0.25) is 5.91 Å². The van der Waals surface area contributed by atoms with E-state index in [1.165, 1.54) is 6.07 Å². The number of pyridine rings is 1. The number of amides is 1. The third kappa shape index (κ3) is 5.25. The zero-order chi connectivity index (χ0) is 20.1. The molecular formula is C15H17BN2O9. The van der Waals surface area contributed by atoms with Crippen LogP contribution in [0.5, 0.6) is 0 Å². The molecule has 2 rings (SSSR count). The average Bonchev–Trinajstić information content (AvgIpc) is 2.56. The SMILES string of the molecule is O=C(O)C[C@@H]1CC[C@H](NC(=O)Cc2ccnc(C(=O)O)c2C(=O)O)B(O)O1. The molecule has 1 aliphatic rings. The standard InChI is InChI=1S/C15H17BN2O9/c19-10(18-9-2-1-8(6-11(20)21)27-16(9)26)5-7-3-4-17-13(15(24)25)12(7)14(22)23/h3-4,8-9,26H,1-2,5-6H2,(H,18,19)(H,20,21)(H,22,23)(H,24,25)/t8-,9-/m0/s1. The quantitative estimate of drug-likeness (QED) is 0.375. The zero-order valence-corrected chi connectivity index (χ0v) is 14.0. The van der Waals surface area contributed by atoms with Crippen molar-refractivity contribution in [2.24, 2.45) is 0 Å². The smallest absolute Gasteiger partial charge is 0.478 e. The fourth-order valence-corrected chi connectivity index (χ4v) is 2.84. The van der Waals surface area contributed by atoms with E-state index >= 15 is 0 Å². The van der Waals surface area contributed by atoms with Crippen LogP contribution in [0.25, 0.3) is 0 Å². The first-order valence-electron chi connectivity index (χ1n) is 7.98. The molecule has 5 N–H and O–H groups in total. The normalized spacial score (nSPS) is 19.4. The van der Waals surface area contributed by atoms with Crippen LogP contribution in [-0.2, 0) is 20.7 Å². The zero-order valence-electron chi connectivity index (χ0n) is 14.0. The van der Waals surface area contributed by atoms with Gasteiger partial charge >= 0.3 is 25.0 Å². The fourth-order valence-electron chi connectivity index (χ4n) is 2.84. The maximum absolute atomic E-state index is 12.2. The van der Waals surface area contributed by atoms with Crippen molar-refractivity contribution in [3.63, 3.8) is 0 Å². The van der Waals surface area contributed by atoms with E-state index in [1.54, 1.807) is 0 Å². The first-order valence-corrected chi connectivity index (χ1v) is 7.98. The number of rotatable bonds is 7. The van der Waals surface area contributed by atoms with Crippen LogP contribution in [-0.4, -0.2) is 68.3 Å². The Hall–Kier alpha value is -2.99. The minimum absolute atomic E-state index is 0.0395. The van der Waals surface area contributed by atoms with Crippen molar-refractivity contribution in [2.75, 3.05) is 0 Å². The number of nitrogens with zero attached hydrogens (tertiary/aromatic N) is 1. The van der Waals surface area contributed by atoms with Gasteiger partial charge in [-0.1, -0.05) is 0 Å². The number of aliphatic carboxylic acids is 1. The van der Waals surface area contributed by atoms with Gasteiger partial charge in [-0.3, -0.25) is 9.59 Å². The lowest BCUT2D eigenvalue weighted by atomic mass is 9.72. The number of hydrogen-bond acceptors (Lipinski definition) is 7. The molecule has 144 valence electrons. The Morgan fingerprint density at radius 3 is 2.44 bits per heavy atom. The van der Waals surface area contributed by atoms with Crippen LogP contribution in [0.15, 0.2) is 12.3 Å². The first kappa shape index (κ1) is 20.3. The highest BCUT2D eigenvalue weighted by Crippen LogP contribution is 2.19. The van der Waals surface area contributed by atoms with Gasteiger partial charge in [-0.25, -0.2) is 14.6 Å². The first-order chi connectivity index (χ1) is 12.7. The Morgan fingerprint density at radius 1 is 1.19 bits per heavy atom. The van der Waals surface area contributed by atoms with E-state index in [2.05, 4.69) is 10.3 Å². The van der Waals surface area contributed by atoms with Crippen molar-refractivity contribution in [3.05, 3.63) is 29.1 Å². The predicted octanol–water partition coefficient (Wildman–Crippen LogP) is -0.821. The maximum Gasteiger partial charge on any atom is 0.478 e. The maximum atomic E-state index is 12.2. The molecule has 0 aromatic carbocycles. The molecule has 0 unspecified atom stereocenters. The van der Waals surface area contributed by atoms with Crippen LogP contribution >= 0.6 is 0 Å². The van der Waals surface area contributed by atoms with Gasteiger partial charge in [0.25, 0.3) is 0 Å². The number of carbonyl (C=O) groups excluding carboxylic acids is 1. The summed E-state index contributed by atoms with van der Waals surface area (Å²) < 4.78 is 5.15. The summed E-state index contributed by atoms with van der Waals surface area (Å²) in [6.45, 7) is 0. The van der Waals surface area contributed by atoms with Crippen LogP contribution < -0.4 is 5.32 Å². The fraction of sp³-hybridized carbons (Fsp3) is 0.400. The van der Waals surface area contributed by atoms with Gasteiger partial charge < -0.3 is 30.3 Å². The third-order valence-electron chi connectivity index (χ3n) is 4.03. The lowest BCUT2D eigenvalue weighted by molar-refractivity contribution is -0.139. The van der Waals surface area contributed by atoms with Crippen LogP contribution in [0.3, 0.4) is 0 Å². The minimum atomic E-state index is -1.53. The largest absolute Gasteiger partial charge is 0.481 e. The number of aromatic carboxylic acids is 2. The highest BCUT2D eigenvalue weighted by Gasteiger charge is 2.36. The Kier molecular flexibility index (Phi) is 6.47. The average molecular weight is 380 g/mol. The summed E-state index contributed by atoms with van der Waals surface area (Å²) >= 11 is 0. The molecule has 0 spiro atoms. The number of carboxylic acid groups (broad SMARTS) is 3. The van der Waals surface area contributed by atoms with Crippen LogP contribution in [0, 0.1) is 0 Å². The molecule has 0 bridgehead atoms. The van der Waals surface area contributed by atoms with Crippen molar-refractivity contribution in [3.8, 4) is 0 Å². The molecule has 1 saturated heterocycles. The van der Waals surface area contributed by atoms with Gasteiger partial charge in [0.05, 0.1) is 30.5 Å². The Labute approximate surface area is 153 Å². The molecule has 2 heterocycles. The van der Waals surface area contributed by atoms with Crippen molar-refractivity contribution in [2.45, 2.75) is 37.7 Å². The topological polar surface area (TPSA) is 183 Å². The molecule has 1 aromatic rings. The van der Waals surface area contributed by atoms with Crippen LogP contribution in [0.1, 0.15) is 45.7 Å². The predicted molar refractivity (Wildman–Crippen MR) is 88.1 cm³/mol. The third-order valence-corrected chi connectivity index (χ3v) is 4.03. The van der Waals surface area contributed by atoms with Crippen molar-refractivity contribution in [1.82, 2.24) is 10.3 Å². The second-order valence-electron chi connectivity index (χ2n) is 5.98. The summed E-state index contributed by atoms with van der Waals surface area (Å²) in [5.74, 6) is -5.57. The van der Waals surface area contributed by atoms with Gasteiger partial charge in [-0.15, -0.1) is 0 Å². The summed E-state index contributed by atoms with van der Waals surface area (Å²) in [6.07, 6.45) is 0.303. The molecule has 12 heteroatoms. The van der Waals surface area contributed by atoms with Crippen LogP contribution in [0.2, 0.25) is 0 Å². The van der Waals surface area contributed by atoms with Gasteiger partial charge in [0, 0.05) is 6.20 Å². The van der Waals surface area contributed by atoms with Gasteiger partial charge in [0.1, 0.15) is 0 Å². The molecule has 0 aliphatic carbocycles. The molecule has 11 nitrogen and oxygen atoms in total. The van der Waals surface area contributed by atoms with Crippen LogP contribution in [0.4, 0.5) is 0 Å². The number of aromatic nitrogens is 1. The number of carbonyl (C=O) groups is 4. The van der Waals surface area contributed by atoms with E-state index in [0.29, 0.717) is 6.42 Å². The van der Waals surface area contributed by atoms with E-state index in [0.717, 1.165) is 6.20 Å². The van der Waals surface area contributed by atoms with Gasteiger partial charge in [0.15, 0.2) is 5.69 Å². The van der Waals surface area contributed by atoms with E-state index in [4.69, 9.17) is 14.9 Å². The highest BCUT2D eigenvalue weighted by molar-refractivity contribution is 6.45. The van der Waals surface area contributed by atoms with E-state index in [-0.39, 0.29) is 18.4 Å². The highest BCUT2D eigenvalue weighted by atomic mass is 16.5. The van der Waals surface area contributed by atoms with Gasteiger partial charge in [-0.05, 0) is 24.5 Å². The minimum Gasteiger partial charge on any atom is -0.481 e. The number of nitrogens with one attached hydrogen (secondary N) is 1. The van der Waals surface area contributed by atoms with Crippen molar-refractivity contribution >= 4 is 30.9 Å². The molecular weight excluding hydrogens is 363 g/mol. The summed E-state index contributed by atoms with van der Waals surface area (Å²) in [5.41, 5.74) is -1.30. The Balaban J connectivity index is 2.04. The molecule has 2 atom stereocenters. The summed E-state index contributed by atoms with van der Waals surface area (Å²) in [6, 6.07) is 1.23. The molecule has 1 amide bonds. The van der Waals surface area contributed by atoms with E-state index in [1.807, 2.05) is 0 Å². The van der Waals surface area contributed by atoms with E-state index < -0.39 is 60.7 Å². The molecule has 1 fully saturated rings. The number of carboxylic acids is 3. The summed E-state index contributed by atoms with van der Waals surface area (Å²) in [4.78, 5) is 48.9. The molecule has 0 saturated carbocycles. The van der Waals surface area contributed by atoms with Crippen molar-refractivity contribution < 1.29 is 44.2 Å². The molecule has 0 radical (unpaired) electrons. The van der Waals surface area contributed by atoms with Crippen molar-refractivity contribution in [1.29, 1.82) is 0 Å². The van der Waals surface area contributed by atoms with Gasteiger partial charge in [-0.2, -0.15) is 0 Å². The second kappa shape index (κ2) is 8.60.